The lowest BCUT2D eigenvalue weighted by atomic mass is 9.97. The van der Waals surface area contributed by atoms with Gasteiger partial charge in [0, 0.05) is 19.7 Å². The highest BCUT2D eigenvalue weighted by Gasteiger charge is 2.31. The third-order valence-corrected chi connectivity index (χ3v) is 5.61. The number of hydrogen-bond donors (Lipinski definition) is 1. The van der Waals surface area contributed by atoms with Crippen LogP contribution in [0, 0.1) is 5.92 Å². The molecule has 6 heteroatoms. The van der Waals surface area contributed by atoms with Crippen molar-refractivity contribution in [3.8, 4) is 5.75 Å². The zero-order valence-corrected chi connectivity index (χ0v) is 12.5. The van der Waals surface area contributed by atoms with Crippen LogP contribution in [0.3, 0.4) is 0 Å². The lowest BCUT2D eigenvalue weighted by molar-refractivity contribution is 0.202. The van der Waals surface area contributed by atoms with Crippen LogP contribution in [0.2, 0.25) is 0 Å². The number of benzene rings is 1. The van der Waals surface area contributed by atoms with Crippen LogP contribution in [-0.2, 0) is 10.0 Å². The van der Waals surface area contributed by atoms with Crippen LogP contribution in [-0.4, -0.2) is 44.6 Å². The average Bonchev–Trinajstić information content (AvgIpc) is 2.48. The predicted octanol–water partition coefficient (Wildman–Crippen LogP) is 1.48. The fourth-order valence-electron chi connectivity index (χ4n) is 2.63. The number of rotatable bonds is 5. The Kier molecular flexibility index (Phi) is 5.01. The molecule has 112 valence electrons. The van der Waals surface area contributed by atoms with Crippen molar-refractivity contribution in [2.24, 2.45) is 5.92 Å². The third-order valence-electron chi connectivity index (χ3n) is 3.71. The second kappa shape index (κ2) is 6.56. The monoisotopic (exact) mass is 299 g/mol. The summed E-state index contributed by atoms with van der Waals surface area (Å²) in [6.45, 7) is 1.11. The highest BCUT2D eigenvalue weighted by molar-refractivity contribution is 7.89. The molecule has 1 unspecified atom stereocenters. The van der Waals surface area contributed by atoms with E-state index >= 15 is 0 Å². The first kappa shape index (κ1) is 15.3. The van der Waals surface area contributed by atoms with Crippen molar-refractivity contribution < 1.29 is 18.3 Å². The van der Waals surface area contributed by atoms with Gasteiger partial charge in [0.1, 0.15) is 10.6 Å². The fourth-order valence-corrected chi connectivity index (χ4v) is 4.35. The number of piperidine rings is 1. The average molecular weight is 299 g/mol. The smallest absolute Gasteiger partial charge is 0.246 e. The van der Waals surface area contributed by atoms with Gasteiger partial charge >= 0.3 is 0 Å². The van der Waals surface area contributed by atoms with Crippen LogP contribution in [0.25, 0.3) is 0 Å². The van der Waals surface area contributed by atoms with Crippen molar-refractivity contribution >= 4 is 10.0 Å². The van der Waals surface area contributed by atoms with Gasteiger partial charge in [0.15, 0.2) is 0 Å². The Balaban J connectivity index is 2.25. The number of methoxy groups -OCH3 is 1. The van der Waals surface area contributed by atoms with Crippen LogP contribution in [0.1, 0.15) is 19.3 Å². The molecule has 0 bridgehead atoms. The summed E-state index contributed by atoms with van der Waals surface area (Å²) in [5.74, 6) is 0.606. The zero-order chi connectivity index (χ0) is 14.6. The van der Waals surface area contributed by atoms with Crippen molar-refractivity contribution in [3.05, 3.63) is 24.3 Å². The summed E-state index contributed by atoms with van der Waals surface area (Å²) in [6.07, 6.45) is 2.45. The molecule has 1 aliphatic heterocycles. The maximum Gasteiger partial charge on any atom is 0.246 e. The van der Waals surface area contributed by atoms with E-state index in [0.29, 0.717) is 25.3 Å². The summed E-state index contributed by atoms with van der Waals surface area (Å²) < 4.78 is 32.1. The third kappa shape index (κ3) is 3.13. The van der Waals surface area contributed by atoms with Crippen LogP contribution in [0.5, 0.6) is 5.75 Å². The number of nitrogens with zero attached hydrogens (tertiary/aromatic N) is 1. The molecule has 20 heavy (non-hydrogen) atoms. The molecule has 1 aromatic rings. The van der Waals surface area contributed by atoms with Gasteiger partial charge in [0.2, 0.25) is 10.0 Å². The Bertz CT molecular complexity index is 542. The number of ether oxygens (including phenoxy) is 1. The Morgan fingerprint density at radius 1 is 1.40 bits per heavy atom. The summed E-state index contributed by atoms with van der Waals surface area (Å²) in [7, 11) is -2.06. The zero-order valence-electron chi connectivity index (χ0n) is 11.7. The van der Waals surface area contributed by atoms with Gasteiger partial charge < -0.3 is 9.84 Å². The second-order valence-electron chi connectivity index (χ2n) is 5.03. The van der Waals surface area contributed by atoms with Crippen molar-refractivity contribution in [2.45, 2.75) is 24.2 Å². The van der Waals surface area contributed by atoms with Gasteiger partial charge in [0.05, 0.1) is 7.11 Å². The minimum Gasteiger partial charge on any atom is -0.495 e. The first-order valence-corrected chi connectivity index (χ1v) is 8.27. The maximum atomic E-state index is 12.7. The molecule has 0 radical (unpaired) electrons. The Labute approximate surface area is 120 Å². The standard InChI is InChI=1S/C14H21NO4S/c1-19-13-6-2-3-7-14(13)20(17,18)15-9-4-5-12(11-15)8-10-16/h2-3,6-7,12,16H,4-5,8-11H2,1H3. The van der Waals surface area contributed by atoms with Crippen LogP contribution in [0.15, 0.2) is 29.2 Å². The van der Waals surface area contributed by atoms with E-state index in [1.165, 1.54) is 11.4 Å². The topological polar surface area (TPSA) is 66.8 Å². The van der Waals surface area contributed by atoms with Gasteiger partial charge in [-0.1, -0.05) is 12.1 Å². The minimum absolute atomic E-state index is 0.104. The van der Waals surface area contributed by atoms with E-state index in [2.05, 4.69) is 0 Å². The summed E-state index contributed by atoms with van der Waals surface area (Å²) in [4.78, 5) is 0.215. The van der Waals surface area contributed by atoms with E-state index < -0.39 is 10.0 Å². The number of para-hydroxylation sites is 1. The summed E-state index contributed by atoms with van der Waals surface area (Å²) in [5.41, 5.74) is 0. The lowest BCUT2D eigenvalue weighted by Crippen LogP contribution is -2.40. The largest absolute Gasteiger partial charge is 0.495 e. The second-order valence-corrected chi connectivity index (χ2v) is 6.94. The van der Waals surface area contributed by atoms with E-state index in [1.807, 2.05) is 0 Å². The molecule has 0 aromatic heterocycles. The normalized spacial score (nSPS) is 20.8. The van der Waals surface area contributed by atoms with Crippen molar-refractivity contribution in [1.29, 1.82) is 0 Å². The molecule has 1 aromatic carbocycles. The first-order chi connectivity index (χ1) is 9.59. The number of aliphatic hydroxyl groups is 1. The molecule has 0 aliphatic carbocycles. The van der Waals surface area contributed by atoms with Crippen LogP contribution < -0.4 is 4.74 Å². The van der Waals surface area contributed by atoms with Crippen molar-refractivity contribution in [2.75, 3.05) is 26.8 Å². The summed E-state index contributed by atoms with van der Waals surface area (Å²) >= 11 is 0. The van der Waals surface area contributed by atoms with Gasteiger partial charge in [-0.15, -0.1) is 0 Å². The molecule has 1 saturated heterocycles. The van der Waals surface area contributed by atoms with Crippen molar-refractivity contribution in [1.82, 2.24) is 4.31 Å². The highest BCUT2D eigenvalue weighted by atomic mass is 32.2. The molecule has 1 fully saturated rings. The maximum absolute atomic E-state index is 12.7. The van der Waals surface area contributed by atoms with Gasteiger partial charge in [0.25, 0.3) is 0 Å². The lowest BCUT2D eigenvalue weighted by Gasteiger charge is -2.32. The molecule has 0 amide bonds. The van der Waals surface area contributed by atoms with E-state index in [9.17, 15) is 8.42 Å². The molecule has 1 aliphatic rings. The molecule has 0 saturated carbocycles. The van der Waals surface area contributed by atoms with E-state index in [-0.39, 0.29) is 17.4 Å². The van der Waals surface area contributed by atoms with Crippen LogP contribution in [0.4, 0.5) is 0 Å². The quantitative estimate of drug-likeness (QED) is 0.894. The number of sulfonamides is 1. The molecular weight excluding hydrogens is 278 g/mol. The molecule has 2 rings (SSSR count). The highest BCUT2D eigenvalue weighted by Crippen LogP contribution is 2.30. The Morgan fingerprint density at radius 2 is 2.15 bits per heavy atom. The molecule has 1 heterocycles. The molecule has 0 spiro atoms. The van der Waals surface area contributed by atoms with Crippen molar-refractivity contribution in [3.63, 3.8) is 0 Å². The van der Waals surface area contributed by atoms with Gasteiger partial charge in [-0.25, -0.2) is 8.42 Å². The molecule has 1 atom stereocenters. The van der Waals surface area contributed by atoms with Gasteiger partial charge in [-0.2, -0.15) is 4.31 Å². The van der Waals surface area contributed by atoms with Crippen LogP contribution >= 0.6 is 0 Å². The SMILES string of the molecule is COc1ccccc1S(=O)(=O)N1CCCC(CCO)C1. The van der Waals surface area contributed by atoms with Gasteiger partial charge in [-0.3, -0.25) is 0 Å². The molecular formula is C14H21NO4S. The summed E-state index contributed by atoms with van der Waals surface area (Å²) in [6, 6.07) is 6.68. The Morgan fingerprint density at radius 3 is 2.85 bits per heavy atom. The minimum atomic E-state index is -3.53. The fraction of sp³-hybridized carbons (Fsp3) is 0.571. The summed E-state index contributed by atoms with van der Waals surface area (Å²) in [5, 5.41) is 9.02. The Hall–Kier alpha value is -1.11. The molecule has 1 N–H and O–H groups in total. The van der Waals surface area contributed by atoms with E-state index in [4.69, 9.17) is 9.84 Å². The van der Waals surface area contributed by atoms with E-state index in [0.717, 1.165) is 12.8 Å². The van der Waals surface area contributed by atoms with E-state index in [1.54, 1.807) is 24.3 Å². The predicted molar refractivity (Wildman–Crippen MR) is 76.2 cm³/mol. The van der Waals surface area contributed by atoms with Gasteiger partial charge in [-0.05, 0) is 37.3 Å². The number of aliphatic hydroxyl groups excluding tert-OH is 1. The molecule has 5 nitrogen and oxygen atoms in total. The first-order valence-electron chi connectivity index (χ1n) is 6.83. The number of hydrogen-bond acceptors (Lipinski definition) is 4.